The molecule has 1 aromatic carbocycles. The SMILES string of the molecule is C[C@@H](O)[C@@H](N)c1ccc(O)c(F)c1. The van der Waals surface area contributed by atoms with Crippen molar-refractivity contribution in [1.82, 2.24) is 0 Å². The fourth-order valence-electron chi connectivity index (χ4n) is 1.01. The van der Waals surface area contributed by atoms with E-state index in [9.17, 15) is 4.39 Å². The maximum absolute atomic E-state index is 12.8. The van der Waals surface area contributed by atoms with E-state index >= 15 is 0 Å². The highest BCUT2D eigenvalue weighted by Gasteiger charge is 2.13. The van der Waals surface area contributed by atoms with E-state index in [1.165, 1.54) is 19.1 Å². The van der Waals surface area contributed by atoms with Crippen LogP contribution in [0.1, 0.15) is 18.5 Å². The number of nitrogens with two attached hydrogens (primary N) is 1. The zero-order valence-electron chi connectivity index (χ0n) is 7.24. The Kier molecular flexibility index (Phi) is 2.85. The molecule has 1 rings (SSSR count). The van der Waals surface area contributed by atoms with Crippen molar-refractivity contribution in [3.8, 4) is 5.75 Å². The summed E-state index contributed by atoms with van der Waals surface area (Å²) in [6.45, 7) is 1.52. The number of aliphatic hydroxyl groups excluding tert-OH is 1. The quantitative estimate of drug-likeness (QED) is 0.641. The van der Waals surface area contributed by atoms with E-state index in [1.54, 1.807) is 0 Å². The van der Waals surface area contributed by atoms with Crippen LogP contribution in [-0.2, 0) is 0 Å². The monoisotopic (exact) mass is 185 g/mol. The Morgan fingerprint density at radius 3 is 2.54 bits per heavy atom. The highest BCUT2D eigenvalue weighted by molar-refractivity contribution is 5.30. The normalized spacial score (nSPS) is 15.4. The predicted molar refractivity (Wildman–Crippen MR) is 46.7 cm³/mol. The van der Waals surface area contributed by atoms with E-state index < -0.39 is 23.7 Å². The number of phenols is 1. The summed E-state index contributed by atoms with van der Waals surface area (Å²) < 4.78 is 12.8. The molecule has 2 atom stereocenters. The molecule has 0 fully saturated rings. The van der Waals surface area contributed by atoms with Crippen molar-refractivity contribution in [1.29, 1.82) is 0 Å². The Bertz CT molecular complexity index is 302. The van der Waals surface area contributed by atoms with Gasteiger partial charge in [0.05, 0.1) is 12.1 Å². The number of hydrogen-bond acceptors (Lipinski definition) is 3. The van der Waals surface area contributed by atoms with Crippen LogP contribution in [0, 0.1) is 5.82 Å². The van der Waals surface area contributed by atoms with Gasteiger partial charge in [0, 0.05) is 0 Å². The van der Waals surface area contributed by atoms with E-state index in [4.69, 9.17) is 15.9 Å². The summed E-state index contributed by atoms with van der Waals surface area (Å²) in [6.07, 6.45) is -0.746. The molecular weight excluding hydrogens is 173 g/mol. The van der Waals surface area contributed by atoms with Crippen LogP contribution in [0.25, 0.3) is 0 Å². The Morgan fingerprint density at radius 1 is 1.46 bits per heavy atom. The fraction of sp³-hybridized carbons (Fsp3) is 0.333. The molecule has 0 saturated heterocycles. The molecule has 0 aliphatic heterocycles. The van der Waals surface area contributed by atoms with Gasteiger partial charge in [-0.2, -0.15) is 0 Å². The van der Waals surface area contributed by atoms with Crippen molar-refractivity contribution in [2.45, 2.75) is 19.1 Å². The molecule has 4 N–H and O–H groups in total. The minimum atomic E-state index is -0.746. The Balaban J connectivity index is 2.97. The van der Waals surface area contributed by atoms with E-state index in [-0.39, 0.29) is 0 Å². The van der Waals surface area contributed by atoms with Gasteiger partial charge < -0.3 is 15.9 Å². The third kappa shape index (κ3) is 2.17. The van der Waals surface area contributed by atoms with Gasteiger partial charge in [-0.05, 0) is 24.6 Å². The summed E-state index contributed by atoms with van der Waals surface area (Å²) in [5.74, 6) is -1.14. The smallest absolute Gasteiger partial charge is 0.165 e. The maximum Gasteiger partial charge on any atom is 0.165 e. The predicted octanol–water partition coefficient (Wildman–Crippen LogP) is 0.912. The number of halogens is 1. The molecule has 0 spiro atoms. The number of rotatable bonds is 2. The summed E-state index contributed by atoms with van der Waals surface area (Å²) in [4.78, 5) is 0. The van der Waals surface area contributed by atoms with Gasteiger partial charge in [-0.1, -0.05) is 6.07 Å². The molecule has 0 bridgehead atoms. The van der Waals surface area contributed by atoms with Crippen molar-refractivity contribution in [2.75, 3.05) is 0 Å². The Labute approximate surface area is 75.6 Å². The van der Waals surface area contributed by atoms with Gasteiger partial charge >= 0.3 is 0 Å². The van der Waals surface area contributed by atoms with Gasteiger partial charge in [-0.15, -0.1) is 0 Å². The van der Waals surface area contributed by atoms with Crippen LogP contribution in [-0.4, -0.2) is 16.3 Å². The minimum Gasteiger partial charge on any atom is -0.505 e. The molecule has 13 heavy (non-hydrogen) atoms. The van der Waals surface area contributed by atoms with E-state index in [2.05, 4.69) is 0 Å². The average molecular weight is 185 g/mol. The van der Waals surface area contributed by atoms with Gasteiger partial charge in [0.25, 0.3) is 0 Å². The molecular formula is C9H12FNO2. The lowest BCUT2D eigenvalue weighted by Crippen LogP contribution is -2.23. The third-order valence-corrected chi connectivity index (χ3v) is 1.88. The van der Waals surface area contributed by atoms with E-state index in [1.807, 2.05) is 0 Å². The summed E-state index contributed by atoms with van der Waals surface area (Å²) >= 11 is 0. The lowest BCUT2D eigenvalue weighted by molar-refractivity contribution is 0.164. The highest BCUT2D eigenvalue weighted by atomic mass is 19.1. The van der Waals surface area contributed by atoms with Gasteiger partial charge in [0.2, 0.25) is 0 Å². The summed E-state index contributed by atoms with van der Waals surface area (Å²) in [6, 6.07) is 3.19. The summed E-state index contributed by atoms with van der Waals surface area (Å²) in [5, 5.41) is 18.0. The lowest BCUT2D eigenvalue weighted by atomic mass is 10.0. The van der Waals surface area contributed by atoms with Crippen LogP contribution in [0.5, 0.6) is 5.75 Å². The number of aromatic hydroxyl groups is 1. The molecule has 3 nitrogen and oxygen atoms in total. The molecule has 0 radical (unpaired) electrons. The van der Waals surface area contributed by atoms with Crippen LogP contribution in [0.15, 0.2) is 18.2 Å². The Hall–Kier alpha value is -1.13. The molecule has 0 heterocycles. The first-order valence-electron chi connectivity index (χ1n) is 3.94. The first-order valence-corrected chi connectivity index (χ1v) is 3.94. The largest absolute Gasteiger partial charge is 0.505 e. The van der Waals surface area contributed by atoms with Crippen LogP contribution >= 0.6 is 0 Å². The molecule has 0 aromatic heterocycles. The second-order valence-corrected chi connectivity index (χ2v) is 2.98. The molecule has 0 aliphatic carbocycles. The van der Waals surface area contributed by atoms with Crippen molar-refractivity contribution < 1.29 is 14.6 Å². The van der Waals surface area contributed by atoms with Crippen molar-refractivity contribution >= 4 is 0 Å². The number of aliphatic hydroxyl groups is 1. The topological polar surface area (TPSA) is 66.5 Å². The van der Waals surface area contributed by atoms with Crippen LogP contribution in [0.4, 0.5) is 4.39 Å². The number of benzene rings is 1. The second-order valence-electron chi connectivity index (χ2n) is 2.98. The van der Waals surface area contributed by atoms with Crippen LogP contribution in [0.2, 0.25) is 0 Å². The van der Waals surface area contributed by atoms with Crippen molar-refractivity contribution in [3.63, 3.8) is 0 Å². The summed E-state index contributed by atoms with van der Waals surface area (Å²) in [5.41, 5.74) is 6.02. The molecule has 1 aromatic rings. The standard InChI is InChI=1S/C9H12FNO2/c1-5(12)9(11)6-2-3-8(13)7(10)4-6/h2-5,9,12-13H,11H2,1H3/t5-,9-/m1/s1. The van der Waals surface area contributed by atoms with E-state index in [0.29, 0.717) is 5.56 Å². The zero-order chi connectivity index (χ0) is 10.0. The van der Waals surface area contributed by atoms with Crippen LogP contribution < -0.4 is 5.73 Å². The fourth-order valence-corrected chi connectivity index (χ4v) is 1.01. The average Bonchev–Trinajstić information content (AvgIpc) is 2.08. The van der Waals surface area contributed by atoms with Crippen LogP contribution in [0.3, 0.4) is 0 Å². The molecule has 0 aliphatic rings. The summed E-state index contributed by atoms with van der Waals surface area (Å²) in [7, 11) is 0. The number of hydrogen-bond donors (Lipinski definition) is 3. The van der Waals surface area contributed by atoms with E-state index in [0.717, 1.165) is 6.07 Å². The first kappa shape index (κ1) is 9.95. The lowest BCUT2D eigenvalue weighted by Gasteiger charge is -2.14. The number of phenolic OH excluding ortho intramolecular Hbond substituents is 1. The highest BCUT2D eigenvalue weighted by Crippen LogP contribution is 2.21. The third-order valence-electron chi connectivity index (χ3n) is 1.88. The van der Waals surface area contributed by atoms with Gasteiger partial charge in [-0.25, -0.2) is 4.39 Å². The zero-order valence-corrected chi connectivity index (χ0v) is 7.24. The Morgan fingerprint density at radius 2 is 2.08 bits per heavy atom. The van der Waals surface area contributed by atoms with Gasteiger partial charge in [0.1, 0.15) is 0 Å². The molecule has 0 unspecified atom stereocenters. The molecule has 4 heteroatoms. The molecule has 0 amide bonds. The second kappa shape index (κ2) is 3.72. The van der Waals surface area contributed by atoms with Gasteiger partial charge in [0.15, 0.2) is 11.6 Å². The molecule has 72 valence electrons. The van der Waals surface area contributed by atoms with Crippen molar-refractivity contribution in [3.05, 3.63) is 29.6 Å². The van der Waals surface area contributed by atoms with Gasteiger partial charge in [-0.3, -0.25) is 0 Å². The molecule has 0 saturated carbocycles. The maximum atomic E-state index is 12.8. The van der Waals surface area contributed by atoms with Crippen molar-refractivity contribution in [2.24, 2.45) is 5.73 Å². The first-order chi connectivity index (χ1) is 6.02. The minimum absolute atomic E-state index is 0.415.